The van der Waals surface area contributed by atoms with Gasteiger partial charge in [0.2, 0.25) is 0 Å². The van der Waals surface area contributed by atoms with E-state index in [4.69, 9.17) is 4.74 Å². The Morgan fingerprint density at radius 2 is 2.33 bits per heavy atom. The molecule has 0 heterocycles. The van der Waals surface area contributed by atoms with E-state index in [1.165, 1.54) is 0 Å². The van der Waals surface area contributed by atoms with Gasteiger partial charge in [-0.05, 0) is 37.1 Å². The lowest BCUT2D eigenvalue weighted by atomic mass is 10.1. The van der Waals surface area contributed by atoms with Crippen LogP contribution in [0.2, 0.25) is 0 Å². The van der Waals surface area contributed by atoms with Crippen LogP contribution in [0, 0.1) is 6.92 Å². The summed E-state index contributed by atoms with van der Waals surface area (Å²) in [5, 5.41) is 12.1. The average molecular weight is 249 g/mol. The van der Waals surface area contributed by atoms with Crippen LogP contribution in [0.25, 0.3) is 0 Å². The van der Waals surface area contributed by atoms with Crippen molar-refractivity contribution in [3.63, 3.8) is 0 Å². The lowest BCUT2D eigenvalue weighted by Gasteiger charge is -2.11. The molecule has 0 aliphatic heterocycles. The van der Waals surface area contributed by atoms with Crippen molar-refractivity contribution in [2.45, 2.75) is 20.0 Å². The fourth-order valence-corrected chi connectivity index (χ4v) is 1.47. The maximum Gasteiger partial charge on any atom is 0.258 e. The Bertz CT molecular complexity index is 427. The second-order valence-electron chi connectivity index (χ2n) is 4.08. The molecule has 4 heteroatoms. The van der Waals surface area contributed by atoms with Crippen molar-refractivity contribution in [3.05, 3.63) is 42.0 Å². The summed E-state index contributed by atoms with van der Waals surface area (Å²) in [6, 6.07) is 5.40. The Hall–Kier alpha value is -1.81. The van der Waals surface area contributed by atoms with Gasteiger partial charge in [0.1, 0.15) is 5.75 Å². The number of nitrogens with one attached hydrogen (secondary N) is 1. The van der Waals surface area contributed by atoms with Gasteiger partial charge in [-0.3, -0.25) is 4.79 Å². The van der Waals surface area contributed by atoms with Crippen LogP contribution >= 0.6 is 0 Å². The van der Waals surface area contributed by atoms with Gasteiger partial charge < -0.3 is 15.2 Å². The molecule has 0 radical (unpaired) electrons. The molecular formula is C14H19NO3. The molecule has 0 saturated carbocycles. The summed E-state index contributed by atoms with van der Waals surface area (Å²) in [5.41, 5.74) is 1.72. The summed E-state index contributed by atoms with van der Waals surface area (Å²) in [6.45, 7) is 7.50. The largest absolute Gasteiger partial charge is 0.484 e. The summed E-state index contributed by atoms with van der Waals surface area (Å²) in [5.74, 6) is 0.460. The molecule has 98 valence electrons. The Morgan fingerprint density at radius 1 is 1.61 bits per heavy atom. The van der Waals surface area contributed by atoms with Gasteiger partial charge in [-0.1, -0.05) is 12.1 Å². The molecule has 0 spiro atoms. The van der Waals surface area contributed by atoms with Crippen LogP contribution in [0.4, 0.5) is 0 Å². The van der Waals surface area contributed by atoms with Crippen molar-refractivity contribution in [2.75, 3.05) is 13.2 Å². The second-order valence-corrected chi connectivity index (χ2v) is 4.08. The van der Waals surface area contributed by atoms with Crippen LogP contribution in [0.5, 0.6) is 5.75 Å². The number of hydrogen-bond acceptors (Lipinski definition) is 3. The van der Waals surface area contributed by atoms with E-state index in [0.29, 0.717) is 12.3 Å². The molecule has 1 amide bonds. The first-order chi connectivity index (χ1) is 8.54. The number of hydrogen-bond donors (Lipinski definition) is 2. The van der Waals surface area contributed by atoms with Gasteiger partial charge in [0.05, 0.1) is 6.10 Å². The highest BCUT2D eigenvalue weighted by Crippen LogP contribution is 2.22. The average Bonchev–Trinajstić information content (AvgIpc) is 2.34. The van der Waals surface area contributed by atoms with E-state index in [2.05, 4.69) is 11.9 Å². The second kappa shape index (κ2) is 6.81. The Morgan fingerprint density at radius 3 is 2.89 bits per heavy atom. The molecule has 0 aliphatic rings. The van der Waals surface area contributed by atoms with E-state index in [0.717, 1.165) is 11.1 Å². The van der Waals surface area contributed by atoms with Crippen LogP contribution in [0.3, 0.4) is 0 Å². The highest BCUT2D eigenvalue weighted by atomic mass is 16.5. The van der Waals surface area contributed by atoms with E-state index < -0.39 is 6.10 Å². The summed E-state index contributed by atoms with van der Waals surface area (Å²) >= 11 is 0. The van der Waals surface area contributed by atoms with Gasteiger partial charge in [-0.2, -0.15) is 0 Å². The van der Waals surface area contributed by atoms with E-state index in [1.807, 2.05) is 13.0 Å². The molecule has 1 atom stereocenters. The summed E-state index contributed by atoms with van der Waals surface area (Å²) < 4.78 is 5.40. The van der Waals surface area contributed by atoms with Crippen molar-refractivity contribution < 1.29 is 14.6 Å². The van der Waals surface area contributed by atoms with E-state index >= 15 is 0 Å². The van der Waals surface area contributed by atoms with Gasteiger partial charge >= 0.3 is 0 Å². The molecule has 18 heavy (non-hydrogen) atoms. The fourth-order valence-electron chi connectivity index (χ4n) is 1.47. The molecule has 2 N–H and O–H groups in total. The third-order valence-electron chi connectivity index (χ3n) is 2.48. The number of aliphatic hydroxyl groups is 1. The van der Waals surface area contributed by atoms with Crippen molar-refractivity contribution in [2.24, 2.45) is 0 Å². The van der Waals surface area contributed by atoms with Gasteiger partial charge in [0.15, 0.2) is 6.61 Å². The highest BCUT2D eigenvalue weighted by molar-refractivity contribution is 5.77. The van der Waals surface area contributed by atoms with E-state index in [-0.39, 0.29) is 12.5 Å². The lowest BCUT2D eigenvalue weighted by Crippen LogP contribution is -2.28. The fraction of sp³-hybridized carbons (Fsp3) is 0.357. The smallest absolute Gasteiger partial charge is 0.258 e. The Labute approximate surface area is 107 Å². The molecule has 0 fully saturated rings. The molecule has 0 bridgehead atoms. The first kappa shape index (κ1) is 14.3. The number of aliphatic hydroxyl groups excluding tert-OH is 1. The number of benzene rings is 1. The zero-order valence-corrected chi connectivity index (χ0v) is 10.8. The molecule has 1 aromatic rings. The number of rotatable bonds is 6. The Balaban J connectivity index is 2.57. The number of amides is 1. The minimum absolute atomic E-state index is 0.0251. The van der Waals surface area contributed by atoms with Crippen LogP contribution in [0.15, 0.2) is 30.9 Å². The van der Waals surface area contributed by atoms with Crippen LogP contribution < -0.4 is 10.1 Å². The van der Waals surface area contributed by atoms with Crippen LogP contribution in [-0.2, 0) is 4.79 Å². The third kappa shape index (κ3) is 4.22. The van der Waals surface area contributed by atoms with Crippen molar-refractivity contribution in [1.82, 2.24) is 5.32 Å². The number of aryl methyl sites for hydroxylation is 1. The molecule has 1 aromatic carbocycles. The standard InChI is InChI=1S/C14H19NO3/c1-4-7-15-14(17)9-18-13-6-5-12(11(3)16)8-10(13)2/h4-6,8,11,16H,1,7,9H2,2-3H3,(H,15,17). The maximum atomic E-state index is 11.3. The predicted octanol–water partition coefficient (Wildman–Crippen LogP) is 1.73. The van der Waals surface area contributed by atoms with Crippen LogP contribution in [-0.4, -0.2) is 24.2 Å². The lowest BCUT2D eigenvalue weighted by molar-refractivity contribution is -0.122. The van der Waals surface area contributed by atoms with E-state index in [9.17, 15) is 9.90 Å². The predicted molar refractivity (Wildman–Crippen MR) is 70.5 cm³/mol. The first-order valence-corrected chi connectivity index (χ1v) is 5.83. The van der Waals surface area contributed by atoms with Crippen molar-refractivity contribution in [1.29, 1.82) is 0 Å². The van der Waals surface area contributed by atoms with Gasteiger partial charge in [0.25, 0.3) is 5.91 Å². The van der Waals surface area contributed by atoms with Crippen LogP contribution in [0.1, 0.15) is 24.2 Å². The van der Waals surface area contributed by atoms with Gasteiger partial charge in [-0.25, -0.2) is 0 Å². The number of carbonyl (C=O) groups excluding carboxylic acids is 1. The van der Waals surface area contributed by atoms with Gasteiger partial charge in [0, 0.05) is 6.54 Å². The van der Waals surface area contributed by atoms with Crippen molar-refractivity contribution in [3.8, 4) is 5.75 Å². The third-order valence-corrected chi connectivity index (χ3v) is 2.48. The SMILES string of the molecule is C=CCNC(=O)COc1ccc(C(C)O)cc1C. The monoisotopic (exact) mass is 249 g/mol. The van der Waals surface area contributed by atoms with E-state index in [1.54, 1.807) is 25.1 Å². The first-order valence-electron chi connectivity index (χ1n) is 5.83. The maximum absolute atomic E-state index is 11.3. The topological polar surface area (TPSA) is 58.6 Å². The normalized spacial score (nSPS) is 11.7. The molecule has 0 aromatic heterocycles. The zero-order chi connectivity index (χ0) is 13.5. The summed E-state index contributed by atoms with van der Waals surface area (Å²) in [6.07, 6.45) is 1.11. The molecular weight excluding hydrogens is 230 g/mol. The summed E-state index contributed by atoms with van der Waals surface area (Å²) in [4.78, 5) is 11.3. The quantitative estimate of drug-likeness (QED) is 0.755. The Kier molecular flexibility index (Phi) is 5.39. The number of carbonyl (C=O) groups is 1. The minimum atomic E-state index is -0.506. The summed E-state index contributed by atoms with van der Waals surface area (Å²) in [7, 11) is 0. The molecule has 4 nitrogen and oxygen atoms in total. The molecule has 0 aliphatic carbocycles. The molecule has 1 unspecified atom stereocenters. The minimum Gasteiger partial charge on any atom is -0.484 e. The molecule has 1 rings (SSSR count). The van der Waals surface area contributed by atoms with Crippen molar-refractivity contribution >= 4 is 5.91 Å². The molecule has 0 saturated heterocycles. The number of ether oxygens (including phenoxy) is 1. The van der Waals surface area contributed by atoms with Gasteiger partial charge in [-0.15, -0.1) is 6.58 Å². The zero-order valence-electron chi connectivity index (χ0n) is 10.8. The highest BCUT2D eigenvalue weighted by Gasteiger charge is 2.07.